The van der Waals surface area contributed by atoms with Crippen LogP contribution < -0.4 is 15.0 Å². The molecule has 1 N–H and O–H groups in total. The lowest BCUT2D eigenvalue weighted by Gasteiger charge is -2.28. The smallest absolute Gasteiger partial charge is 0.265 e. The fourth-order valence-corrected chi connectivity index (χ4v) is 4.46. The predicted octanol–water partition coefficient (Wildman–Crippen LogP) is 2.06. The third-order valence-electron chi connectivity index (χ3n) is 4.14. The van der Waals surface area contributed by atoms with Gasteiger partial charge in [-0.2, -0.15) is 0 Å². The number of hydrogen-bond acceptors (Lipinski definition) is 7. The Kier molecular flexibility index (Phi) is 4.52. The van der Waals surface area contributed by atoms with Crippen molar-refractivity contribution in [3.63, 3.8) is 0 Å². The summed E-state index contributed by atoms with van der Waals surface area (Å²) >= 11 is 1.17. The number of benzene rings is 2. The average molecular weight is 417 g/mol. The first-order chi connectivity index (χ1) is 13.3. The summed E-state index contributed by atoms with van der Waals surface area (Å²) in [4.78, 5) is 30.5. The van der Waals surface area contributed by atoms with Gasteiger partial charge in [-0.25, -0.2) is 13.4 Å². The Morgan fingerprint density at radius 3 is 2.86 bits per heavy atom. The van der Waals surface area contributed by atoms with Gasteiger partial charge in [-0.15, -0.1) is 0 Å². The van der Waals surface area contributed by atoms with Crippen molar-refractivity contribution in [1.29, 1.82) is 0 Å². The van der Waals surface area contributed by atoms with Crippen LogP contribution in [0.15, 0.2) is 47.4 Å². The summed E-state index contributed by atoms with van der Waals surface area (Å²) in [5.74, 6) is -0.174. The van der Waals surface area contributed by atoms with Crippen LogP contribution in [-0.4, -0.2) is 44.6 Å². The number of nitrogens with one attached hydrogen (secondary N) is 1. The van der Waals surface area contributed by atoms with Crippen molar-refractivity contribution in [3.8, 4) is 5.75 Å². The van der Waals surface area contributed by atoms with Crippen LogP contribution in [0.5, 0.6) is 5.75 Å². The largest absolute Gasteiger partial charge is 0.482 e. The molecule has 1 aliphatic rings. The molecule has 0 bridgehead atoms. The van der Waals surface area contributed by atoms with Crippen LogP contribution in [0.4, 0.5) is 10.8 Å². The number of aromatic nitrogens is 1. The monoisotopic (exact) mass is 417 g/mol. The zero-order valence-electron chi connectivity index (χ0n) is 14.7. The molecule has 2 heterocycles. The Morgan fingerprint density at radius 1 is 1.29 bits per heavy atom. The van der Waals surface area contributed by atoms with E-state index in [1.54, 1.807) is 30.3 Å². The lowest BCUT2D eigenvalue weighted by molar-refractivity contribution is -0.123. The maximum absolute atomic E-state index is 12.5. The van der Waals surface area contributed by atoms with Crippen molar-refractivity contribution < 1.29 is 22.7 Å². The first-order valence-electron chi connectivity index (χ1n) is 8.24. The maximum Gasteiger partial charge on any atom is 0.265 e. The minimum Gasteiger partial charge on any atom is -0.482 e. The fraction of sp³-hybridized carbons (Fsp3) is 0.167. The molecule has 0 unspecified atom stereocenters. The van der Waals surface area contributed by atoms with Gasteiger partial charge >= 0.3 is 0 Å². The number of sulfone groups is 1. The van der Waals surface area contributed by atoms with Crippen LogP contribution in [0.25, 0.3) is 10.2 Å². The van der Waals surface area contributed by atoms with Gasteiger partial charge in [0.05, 0.1) is 20.8 Å². The van der Waals surface area contributed by atoms with E-state index >= 15 is 0 Å². The van der Waals surface area contributed by atoms with Crippen molar-refractivity contribution in [1.82, 2.24) is 4.98 Å². The second-order valence-electron chi connectivity index (χ2n) is 6.21. The number of anilines is 2. The van der Waals surface area contributed by atoms with Crippen LogP contribution in [0, 0.1) is 0 Å². The Labute approximate surface area is 164 Å². The third-order valence-corrected chi connectivity index (χ3v) is 6.19. The number of amides is 2. The zero-order chi connectivity index (χ0) is 19.9. The van der Waals surface area contributed by atoms with E-state index in [1.807, 2.05) is 0 Å². The second-order valence-corrected chi connectivity index (χ2v) is 9.25. The number of carbonyl (C=O) groups is 2. The summed E-state index contributed by atoms with van der Waals surface area (Å²) < 4.78 is 29.4. The molecule has 0 atom stereocenters. The highest BCUT2D eigenvalue weighted by atomic mass is 32.2. The standard InChI is InChI=1S/C18H15N3O5S2/c1-28(24,25)11-6-7-12-15(8-11)27-18(19-12)20-16(22)9-21-13-4-2-3-5-14(13)26-10-17(21)23/h2-8H,9-10H2,1H3,(H,19,20,22). The molecule has 0 saturated heterocycles. The summed E-state index contributed by atoms with van der Waals surface area (Å²) in [6, 6.07) is 11.6. The first kappa shape index (κ1) is 18.4. The highest BCUT2D eigenvalue weighted by Gasteiger charge is 2.27. The van der Waals surface area contributed by atoms with E-state index in [0.717, 1.165) is 6.26 Å². The molecule has 1 aliphatic heterocycles. The Balaban J connectivity index is 1.53. The maximum atomic E-state index is 12.5. The number of rotatable bonds is 4. The Morgan fingerprint density at radius 2 is 2.07 bits per heavy atom. The molecule has 0 fully saturated rings. The SMILES string of the molecule is CS(=O)(=O)c1ccc2nc(NC(=O)CN3C(=O)COc4ccccc43)sc2c1. The van der Waals surface area contributed by atoms with Crippen LogP contribution in [0.3, 0.4) is 0 Å². The molecular formula is C18H15N3O5S2. The molecule has 0 aliphatic carbocycles. The van der Waals surface area contributed by atoms with Gasteiger partial charge < -0.3 is 10.1 Å². The molecule has 2 aromatic carbocycles. The van der Waals surface area contributed by atoms with Crippen molar-refractivity contribution in [2.24, 2.45) is 0 Å². The van der Waals surface area contributed by atoms with E-state index in [2.05, 4.69) is 10.3 Å². The van der Waals surface area contributed by atoms with E-state index < -0.39 is 15.7 Å². The summed E-state index contributed by atoms with van der Waals surface area (Å²) in [6.45, 7) is -0.302. The number of ether oxygens (including phenoxy) is 1. The van der Waals surface area contributed by atoms with Gasteiger partial charge in [0.15, 0.2) is 21.6 Å². The summed E-state index contributed by atoms with van der Waals surface area (Å²) in [5.41, 5.74) is 1.12. The zero-order valence-corrected chi connectivity index (χ0v) is 16.3. The van der Waals surface area contributed by atoms with Gasteiger partial charge in [-0.05, 0) is 30.3 Å². The number of para-hydroxylation sites is 2. The van der Waals surface area contributed by atoms with Gasteiger partial charge in [0.2, 0.25) is 5.91 Å². The molecule has 2 amide bonds. The van der Waals surface area contributed by atoms with Gasteiger partial charge in [-0.1, -0.05) is 23.5 Å². The summed E-state index contributed by atoms with van der Waals surface area (Å²) in [7, 11) is -3.33. The van der Waals surface area contributed by atoms with Crippen molar-refractivity contribution in [3.05, 3.63) is 42.5 Å². The number of hydrogen-bond donors (Lipinski definition) is 1. The van der Waals surface area contributed by atoms with E-state index in [-0.39, 0.29) is 24.0 Å². The number of fused-ring (bicyclic) bond motifs is 2. The third kappa shape index (κ3) is 3.56. The van der Waals surface area contributed by atoms with Crippen molar-refractivity contribution in [2.45, 2.75) is 4.90 Å². The molecule has 8 nitrogen and oxygen atoms in total. The van der Waals surface area contributed by atoms with E-state index in [0.29, 0.717) is 26.8 Å². The topological polar surface area (TPSA) is 106 Å². The molecule has 4 rings (SSSR count). The first-order valence-corrected chi connectivity index (χ1v) is 10.9. The Bertz CT molecular complexity index is 1200. The Hall–Kier alpha value is -2.98. The normalized spacial score (nSPS) is 13.9. The predicted molar refractivity (Wildman–Crippen MR) is 106 cm³/mol. The molecule has 0 spiro atoms. The lowest BCUT2D eigenvalue weighted by atomic mass is 10.2. The lowest BCUT2D eigenvalue weighted by Crippen LogP contribution is -2.43. The van der Waals surface area contributed by atoms with E-state index in [4.69, 9.17) is 4.74 Å². The van der Waals surface area contributed by atoms with Crippen LogP contribution in [-0.2, 0) is 19.4 Å². The van der Waals surface area contributed by atoms with Gasteiger partial charge in [0, 0.05) is 6.26 Å². The quantitative estimate of drug-likeness (QED) is 0.697. The summed E-state index contributed by atoms with van der Waals surface area (Å²) in [5, 5.41) is 3.01. The molecular weight excluding hydrogens is 402 g/mol. The second kappa shape index (κ2) is 6.88. The molecule has 28 heavy (non-hydrogen) atoms. The minimum atomic E-state index is -3.33. The number of nitrogens with zero attached hydrogens (tertiary/aromatic N) is 2. The van der Waals surface area contributed by atoms with Crippen LogP contribution in [0.1, 0.15) is 0 Å². The highest BCUT2D eigenvalue weighted by molar-refractivity contribution is 7.90. The minimum absolute atomic E-state index is 0.125. The summed E-state index contributed by atoms with van der Waals surface area (Å²) in [6.07, 6.45) is 1.13. The molecule has 1 aromatic heterocycles. The van der Waals surface area contributed by atoms with Crippen LogP contribution >= 0.6 is 11.3 Å². The van der Waals surface area contributed by atoms with Gasteiger partial charge in [-0.3, -0.25) is 14.5 Å². The number of carbonyl (C=O) groups excluding carboxylic acids is 2. The van der Waals surface area contributed by atoms with Gasteiger partial charge in [0.1, 0.15) is 12.3 Å². The molecule has 0 radical (unpaired) electrons. The average Bonchev–Trinajstić information content (AvgIpc) is 3.04. The molecule has 3 aromatic rings. The molecule has 10 heteroatoms. The fourth-order valence-electron chi connectivity index (χ4n) is 2.82. The van der Waals surface area contributed by atoms with E-state index in [1.165, 1.54) is 28.4 Å². The van der Waals surface area contributed by atoms with Crippen molar-refractivity contribution >= 4 is 54.0 Å². The highest BCUT2D eigenvalue weighted by Crippen LogP contribution is 2.32. The number of thiazole rings is 1. The van der Waals surface area contributed by atoms with Gasteiger partial charge in [0.25, 0.3) is 5.91 Å². The van der Waals surface area contributed by atoms with Crippen LogP contribution in [0.2, 0.25) is 0 Å². The van der Waals surface area contributed by atoms with E-state index in [9.17, 15) is 18.0 Å². The van der Waals surface area contributed by atoms with Crippen molar-refractivity contribution in [2.75, 3.05) is 29.6 Å². The molecule has 0 saturated carbocycles. The molecule has 144 valence electrons.